The maximum atomic E-state index is 13.1. The van der Waals surface area contributed by atoms with Crippen molar-refractivity contribution in [2.24, 2.45) is 5.41 Å². The van der Waals surface area contributed by atoms with Crippen LogP contribution in [0.1, 0.15) is 13.8 Å². The standard InChI is InChI=1S/C25H21F3N4O4/c1-24(2,15-33)14-31-13-5-8-20(23(31)35)29-21-18-6-3-4-7-19(18)22(34)32(30-21)16-9-11-17(12-10-16)36-25(26,27)28/h3-13,15H,14H2,1-2H3,(H,29,30). The smallest absolute Gasteiger partial charge is 0.406 e. The average molecular weight is 498 g/mol. The molecule has 36 heavy (non-hydrogen) atoms. The summed E-state index contributed by atoms with van der Waals surface area (Å²) >= 11 is 0. The number of hydrogen-bond acceptors (Lipinski definition) is 6. The van der Waals surface area contributed by atoms with Gasteiger partial charge in [-0.2, -0.15) is 4.68 Å². The summed E-state index contributed by atoms with van der Waals surface area (Å²) in [7, 11) is 0. The van der Waals surface area contributed by atoms with Gasteiger partial charge in [-0.15, -0.1) is 18.3 Å². The van der Waals surface area contributed by atoms with Crippen molar-refractivity contribution in [3.63, 3.8) is 0 Å². The third-order valence-electron chi connectivity index (χ3n) is 5.29. The first-order chi connectivity index (χ1) is 17.0. The monoisotopic (exact) mass is 498 g/mol. The molecule has 0 aliphatic heterocycles. The summed E-state index contributed by atoms with van der Waals surface area (Å²) in [4.78, 5) is 37.5. The minimum Gasteiger partial charge on any atom is -0.406 e. The van der Waals surface area contributed by atoms with Crippen LogP contribution in [0.15, 0.2) is 76.4 Å². The fourth-order valence-electron chi connectivity index (χ4n) is 3.61. The van der Waals surface area contributed by atoms with Gasteiger partial charge in [0.05, 0.1) is 11.1 Å². The maximum absolute atomic E-state index is 13.1. The van der Waals surface area contributed by atoms with Crippen LogP contribution in [-0.4, -0.2) is 27.0 Å². The van der Waals surface area contributed by atoms with E-state index in [9.17, 15) is 27.6 Å². The molecule has 0 radical (unpaired) electrons. The molecule has 0 aliphatic rings. The summed E-state index contributed by atoms with van der Waals surface area (Å²) in [6.07, 6.45) is -2.51. The number of aromatic nitrogens is 3. The minimum absolute atomic E-state index is 0.158. The van der Waals surface area contributed by atoms with Gasteiger partial charge in [0.1, 0.15) is 17.7 Å². The van der Waals surface area contributed by atoms with E-state index in [2.05, 4.69) is 15.2 Å². The van der Waals surface area contributed by atoms with Gasteiger partial charge in [-0.05, 0) is 42.5 Å². The normalized spacial score (nSPS) is 11.9. The van der Waals surface area contributed by atoms with E-state index in [-0.39, 0.29) is 29.1 Å². The molecule has 8 nitrogen and oxygen atoms in total. The van der Waals surface area contributed by atoms with E-state index >= 15 is 0 Å². The van der Waals surface area contributed by atoms with Crippen LogP contribution in [-0.2, 0) is 11.3 Å². The van der Waals surface area contributed by atoms with Gasteiger partial charge in [0.2, 0.25) is 0 Å². The van der Waals surface area contributed by atoms with Crippen LogP contribution >= 0.6 is 0 Å². The number of aldehydes is 1. The molecule has 11 heteroatoms. The highest BCUT2D eigenvalue weighted by molar-refractivity contribution is 5.92. The van der Waals surface area contributed by atoms with E-state index in [0.29, 0.717) is 5.39 Å². The first-order valence-electron chi connectivity index (χ1n) is 10.8. The van der Waals surface area contributed by atoms with Crippen molar-refractivity contribution in [1.29, 1.82) is 0 Å². The summed E-state index contributed by atoms with van der Waals surface area (Å²) in [5.41, 5.74) is -1.30. The molecule has 0 fully saturated rings. The van der Waals surface area contributed by atoms with Crippen LogP contribution in [0.2, 0.25) is 0 Å². The molecule has 0 amide bonds. The van der Waals surface area contributed by atoms with Crippen molar-refractivity contribution >= 4 is 28.6 Å². The maximum Gasteiger partial charge on any atom is 0.573 e. The molecule has 0 spiro atoms. The molecular weight excluding hydrogens is 477 g/mol. The number of ether oxygens (including phenoxy) is 1. The second-order valence-electron chi connectivity index (χ2n) is 8.74. The van der Waals surface area contributed by atoms with E-state index < -0.39 is 28.6 Å². The number of nitrogens with one attached hydrogen (secondary N) is 1. The van der Waals surface area contributed by atoms with Gasteiger partial charge in [-0.1, -0.05) is 32.0 Å². The Balaban J connectivity index is 1.79. The Morgan fingerprint density at radius 3 is 2.25 bits per heavy atom. The Morgan fingerprint density at radius 1 is 0.944 bits per heavy atom. The van der Waals surface area contributed by atoms with Crippen LogP contribution in [0, 0.1) is 5.41 Å². The number of anilines is 2. The van der Waals surface area contributed by atoms with Crippen molar-refractivity contribution in [1.82, 2.24) is 14.3 Å². The molecule has 0 aliphatic carbocycles. The lowest BCUT2D eigenvalue weighted by Crippen LogP contribution is -2.30. The summed E-state index contributed by atoms with van der Waals surface area (Å²) in [5.74, 6) is -0.258. The first kappa shape index (κ1) is 24.7. The van der Waals surface area contributed by atoms with E-state index in [4.69, 9.17) is 0 Å². The van der Waals surface area contributed by atoms with Crippen LogP contribution in [0.3, 0.4) is 0 Å². The number of hydrogen-bond donors (Lipinski definition) is 1. The Labute approximate surface area is 202 Å². The van der Waals surface area contributed by atoms with Crippen molar-refractivity contribution < 1.29 is 22.7 Å². The van der Waals surface area contributed by atoms with E-state index in [0.717, 1.165) is 23.1 Å². The fraction of sp³-hybridized carbons (Fsp3) is 0.200. The molecule has 186 valence electrons. The lowest BCUT2D eigenvalue weighted by molar-refractivity contribution is -0.274. The number of fused-ring (bicyclic) bond motifs is 1. The molecule has 4 aromatic rings. The van der Waals surface area contributed by atoms with Gasteiger partial charge in [0.25, 0.3) is 11.1 Å². The van der Waals surface area contributed by atoms with E-state index in [1.54, 1.807) is 56.4 Å². The van der Waals surface area contributed by atoms with Gasteiger partial charge in [-0.3, -0.25) is 9.59 Å². The Kier molecular flexibility index (Phi) is 6.40. The minimum atomic E-state index is -4.85. The molecule has 2 heterocycles. The molecule has 4 rings (SSSR count). The first-order valence-corrected chi connectivity index (χ1v) is 10.8. The zero-order valence-electron chi connectivity index (χ0n) is 19.2. The second kappa shape index (κ2) is 9.33. The van der Waals surface area contributed by atoms with Gasteiger partial charge in [-0.25, -0.2) is 0 Å². The number of carbonyl (C=O) groups is 1. The summed E-state index contributed by atoms with van der Waals surface area (Å²) in [6.45, 7) is 3.58. The van der Waals surface area contributed by atoms with Crippen molar-refractivity contribution in [2.75, 3.05) is 5.32 Å². The Morgan fingerprint density at radius 2 is 1.61 bits per heavy atom. The number of benzene rings is 2. The van der Waals surface area contributed by atoms with E-state index in [1.807, 2.05) is 0 Å². The second-order valence-corrected chi connectivity index (χ2v) is 8.74. The largest absolute Gasteiger partial charge is 0.573 e. The molecule has 0 atom stereocenters. The van der Waals surface area contributed by atoms with Crippen molar-refractivity contribution in [3.8, 4) is 11.4 Å². The lowest BCUT2D eigenvalue weighted by Gasteiger charge is -2.19. The fourth-order valence-corrected chi connectivity index (χ4v) is 3.61. The van der Waals surface area contributed by atoms with Crippen LogP contribution in [0.4, 0.5) is 24.7 Å². The molecule has 0 unspecified atom stereocenters. The zero-order valence-corrected chi connectivity index (χ0v) is 19.2. The predicted molar refractivity (Wildman–Crippen MR) is 128 cm³/mol. The topological polar surface area (TPSA) is 95.2 Å². The number of rotatable bonds is 7. The predicted octanol–water partition coefficient (Wildman–Crippen LogP) is 4.41. The molecule has 0 saturated heterocycles. The van der Waals surface area contributed by atoms with Gasteiger partial charge >= 0.3 is 6.36 Å². The molecule has 2 aromatic heterocycles. The number of pyridine rings is 1. The Bertz CT molecular complexity index is 1540. The van der Waals surface area contributed by atoms with Crippen LogP contribution in [0.5, 0.6) is 5.75 Å². The molecule has 1 N–H and O–H groups in total. The molecular formula is C25H21F3N4O4. The quantitative estimate of drug-likeness (QED) is 0.379. The summed E-state index contributed by atoms with van der Waals surface area (Å²) in [6, 6.07) is 14.5. The SMILES string of the molecule is CC(C)(C=O)Cn1cccc(Nc2nn(-c3ccc(OC(F)(F)F)cc3)c(=O)c3ccccc23)c1=O. The molecule has 2 aromatic carbocycles. The van der Waals surface area contributed by atoms with Crippen molar-refractivity contribution in [3.05, 3.63) is 87.6 Å². The number of carbonyl (C=O) groups excluding carboxylic acids is 1. The van der Waals surface area contributed by atoms with Crippen LogP contribution < -0.4 is 21.2 Å². The lowest BCUT2D eigenvalue weighted by atomic mass is 9.96. The highest BCUT2D eigenvalue weighted by Gasteiger charge is 2.31. The highest BCUT2D eigenvalue weighted by atomic mass is 19.4. The van der Waals surface area contributed by atoms with Crippen LogP contribution in [0.25, 0.3) is 16.5 Å². The van der Waals surface area contributed by atoms with Crippen molar-refractivity contribution in [2.45, 2.75) is 26.8 Å². The van der Waals surface area contributed by atoms with Gasteiger partial charge in [0.15, 0.2) is 5.82 Å². The van der Waals surface area contributed by atoms with E-state index in [1.165, 1.54) is 16.7 Å². The van der Waals surface area contributed by atoms with Gasteiger partial charge < -0.3 is 19.4 Å². The zero-order chi connectivity index (χ0) is 26.1. The molecule has 0 saturated carbocycles. The Hall–Kier alpha value is -4.41. The average Bonchev–Trinajstić information content (AvgIpc) is 2.83. The van der Waals surface area contributed by atoms with Gasteiger partial charge in [0, 0.05) is 23.5 Å². The number of nitrogens with zero attached hydrogens (tertiary/aromatic N) is 3. The molecule has 0 bridgehead atoms. The number of halogens is 3. The third kappa shape index (κ3) is 5.29. The highest BCUT2D eigenvalue weighted by Crippen LogP contribution is 2.25. The summed E-state index contributed by atoms with van der Waals surface area (Å²) < 4.78 is 43.8. The third-order valence-corrected chi connectivity index (χ3v) is 5.29. The summed E-state index contributed by atoms with van der Waals surface area (Å²) in [5, 5.41) is 8.06. The number of alkyl halides is 3.